The number of amides is 1. The Morgan fingerprint density at radius 2 is 1.76 bits per heavy atom. The van der Waals surface area contributed by atoms with Crippen LogP contribution in [0.5, 0.6) is 17.2 Å². The molecule has 9 heteroatoms. The molecule has 8 nitrogen and oxygen atoms in total. The summed E-state index contributed by atoms with van der Waals surface area (Å²) < 4.78 is 21.7. The maximum Gasteiger partial charge on any atom is 0.277 e. The number of aromatic nitrogens is 2. The fourth-order valence-corrected chi connectivity index (χ4v) is 3.96. The Labute approximate surface area is 174 Å². The fourth-order valence-electron chi connectivity index (χ4n) is 3.39. The van der Waals surface area contributed by atoms with E-state index in [4.69, 9.17) is 18.6 Å². The molecule has 1 aliphatic carbocycles. The van der Waals surface area contributed by atoms with Crippen LogP contribution in [0.25, 0.3) is 11.5 Å². The van der Waals surface area contributed by atoms with Gasteiger partial charge in [-0.25, -0.2) is 0 Å². The first kappa shape index (κ1) is 21.3. The molecule has 0 unspecified atom stereocenters. The van der Waals surface area contributed by atoms with Gasteiger partial charge in [0.2, 0.25) is 17.5 Å². The average Bonchev–Trinajstić information content (AvgIpc) is 3.22. The molecular weight excluding hydrogens is 394 g/mol. The van der Waals surface area contributed by atoms with Gasteiger partial charge in [-0.3, -0.25) is 4.79 Å². The lowest BCUT2D eigenvalue weighted by molar-refractivity contribution is -0.119. The highest BCUT2D eigenvalue weighted by Crippen LogP contribution is 2.41. The number of rotatable bonds is 8. The van der Waals surface area contributed by atoms with Crippen molar-refractivity contribution in [3.8, 4) is 28.7 Å². The lowest BCUT2D eigenvalue weighted by atomic mass is 9.87. The third-order valence-corrected chi connectivity index (χ3v) is 5.84. The number of nitrogens with zero attached hydrogens (tertiary/aromatic N) is 2. The van der Waals surface area contributed by atoms with E-state index < -0.39 is 0 Å². The summed E-state index contributed by atoms with van der Waals surface area (Å²) in [5.41, 5.74) is 0.639. The smallest absolute Gasteiger partial charge is 0.277 e. The van der Waals surface area contributed by atoms with Crippen LogP contribution in [0.3, 0.4) is 0 Å². The minimum absolute atomic E-state index is 0.0120. The van der Waals surface area contributed by atoms with E-state index >= 15 is 0 Å². The summed E-state index contributed by atoms with van der Waals surface area (Å²) in [6.45, 7) is 2.26. The van der Waals surface area contributed by atoms with Crippen molar-refractivity contribution in [2.45, 2.75) is 43.9 Å². The molecule has 158 valence electrons. The number of thioether (sulfide) groups is 1. The van der Waals surface area contributed by atoms with Crippen LogP contribution in [0, 0.1) is 5.92 Å². The SMILES string of the molecule is COc1cc(-c2nnc(SCC(=O)NC3CCC(C)CC3)o2)cc(OC)c1OC. The molecule has 29 heavy (non-hydrogen) atoms. The van der Waals surface area contributed by atoms with E-state index in [0.717, 1.165) is 18.8 Å². The highest BCUT2D eigenvalue weighted by molar-refractivity contribution is 7.99. The van der Waals surface area contributed by atoms with Gasteiger partial charge in [0, 0.05) is 11.6 Å². The van der Waals surface area contributed by atoms with Gasteiger partial charge < -0.3 is 23.9 Å². The fraction of sp³-hybridized carbons (Fsp3) is 0.550. The Bertz CT molecular complexity index is 808. The number of nitrogens with one attached hydrogen (secondary N) is 1. The number of hydrogen-bond acceptors (Lipinski definition) is 8. The van der Waals surface area contributed by atoms with Crippen LogP contribution in [0.15, 0.2) is 21.8 Å². The van der Waals surface area contributed by atoms with Crippen LogP contribution < -0.4 is 19.5 Å². The van der Waals surface area contributed by atoms with E-state index in [2.05, 4.69) is 22.4 Å². The van der Waals surface area contributed by atoms with Crippen molar-refractivity contribution in [1.29, 1.82) is 0 Å². The van der Waals surface area contributed by atoms with E-state index in [0.29, 0.717) is 33.9 Å². The Kier molecular flexibility index (Phi) is 7.24. The molecule has 0 bridgehead atoms. The van der Waals surface area contributed by atoms with Crippen molar-refractivity contribution in [3.05, 3.63) is 12.1 Å². The summed E-state index contributed by atoms with van der Waals surface area (Å²) in [7, 11) is 4.63. The second-order valence-corrected chi connectivity index (χ2v) is 8.03. The average molecular weight is 422 g/mol. The van der Waals surface area contributed by atoms with Crippen molar-refractivity contribution < 1.29 is 23.4 Å². The molecule has 1 aromatic heterocycles. The number of hydrogen-bond donors (Lipinski definition) is 1. The maximum atomic E-state index is 12.2. The third kappa shape index (κ3) is 5.35. The zero-order valence-electron chi connectivity index (χ0n) is 17.2. The van der Waals surface area contributed by atoms with Gasteiger partial charge >= 0.3 is 0 Å². The molecule has 0 radical (unpaired) electrons. The van der Waals surface area contributed by atoms with Crippen LogP contribution in [-0.4, -0.2) is 49.2 Å². The summed E-state index contributed by atoms with van der Waals surface area (Å²) in [6, 6.07) is 3.75. The monoisotopic (exact) mass is 421 g/mol. The second kappa shape index (κ2) is 9.87. The quantitative estimate of drug-likeness (QED) is 0.647. The largest absolute Gasteiger partial charge is 0.493 e. The molecule has 1 aromatic carbocycles. The number of methoxy groups -OCH3 is 3. The number of benzene rings is 1. The van der Waals surface area contributed by atoms with Crippen LogP contribution >= 0.6 is 11.8 Å². The van der Waals surface area contributed by atoms with E-state index in [1.807, 2.05) is 0 Å². The van der Waals surface area contributed by atoms with E-state index in [1.54, 1.807) is 33.5 Å². The first-order valence-electron chi connectivity index (χ1n) is 9.60. The van der Waals surface area contributed by atoms with Gasteiger partial charge in [0.15, 0.2) is 11.5 Å². The predicted octanol–water partition coefficient (Wildman–Crippen LogP) is 3.55. The summed E-state index contributed by atoms with van der Waals surface area (Å²) in [5, 5.41) is 11.5. The molecular formula is C20H27N3O5S. The Hall–Kier alpha value is -2.42. The molecule has 1 N–H and O–H groups in total. The van der Waals surface area contributed by atoms with Gasteiger partial charge in [-0.2, -0.15) is 0 Å². The summed E-state index contributed by atoms with van der Waals surface area (Å²) in [4.78, 5) is 12.2. The highest BCUT2D eigenvalue weighted by atomic mass is 32.2. The lowest BCUT2D eigenvalue weighted by Gasteiger charge is -2.26. The van der Waals surface area contributed by atoms with Crippen molar-refractivity contribution in [1.82, 2.24) is 15.5 Å². The van der Waals surface area contributed by atoms with Crippen molar-refractivity contribution in [3.63, 3.8) is 0 Å². The van der Waals surface area contributed by atoms with Crippen LogP contribution in [-0.2, 0) is 4.79 Å². The molecule has 3 rings (SSSR count). The van der Waals surface area contributed by atoms with E-state index in [-0.39, 0.29) is 17.7 Å². The maximum absolute atomic E-state index is 12.2. The second-order valence-electron chi connectivity index (χ2n) is 7.10. The summed E-state index contributed by atoms with van der Waals surface area (Å²) >= 11 is 1.22. The third-order valence-electron chi connectivity index (χ3n) is 5.03. The van der Waals surface area contributed by atoms with Gasteiger partial charge in [0.05, 0.1) is 27.1 Å². The van der Waals surface area contributed by atoms with Crippen molar-refractivity contribution in [2.75, 3.05) is 27.1 Å². The number of carbonyl (C=O) groups excluding carboxylic acids is 1. The van der Waals surface area contributed by atoms with E-state index in [1.165, 1.54) is 24.6 Å². The molecule has 1 amide bonds. The normalized spacial score (nSPS) is 18.9. The lowest BCUT2D eigenvalue weighted by Crippen LogP contribution is -2.38. The molecule has 2 aromatic rings. The van der Waals surface area contributed by atoms with Crippen LogP contribution in [0.4, 0.5) is 0 Å². The molecule has 1 saturated carbocycles. The van der Waals surface area contributed by atoms with Crippen molar-refractivity contribution in [2.24, 2.45) is 5.92 Å². The van der Waals surface area contributed by atoms with Gasteiger partial charge in [0.1, 0.15) is 0 Å². The van der Waals surface area contributed by atoms with Gasteiger partial charge in [-0.05, 0) is 43.7 Å². The molecule has 1 fully saturated rings. The molecule has 0 atom stereocenters. The minimum atomic E-state index is -0.0120. The summed E-state index contributed by atoms with van der Waals surface area (Å²) in [5.74, 6) is 2.77. The van der Waals surface area contributed by atoms with Gasteiger partial charge in [-0.1, -0.05) is 18.7 Å². The molecule has 1 heterocycles. The number of ether oxygens (including phenoxy) is 3. The van der Waals surface area contributed by atoms with Crippen LogP contribution in [0.1, 0.15) is 32.6 Å². The highest BCUT2D eigenvalue weighted by Gasteiger charge is 2.21. The number of carbonyl (C=O) groups is 1. The predicted molar refractivity (Wildman–Crippen MR) is 110 cm³/mol. The van der Waals surface area contributed by atoms with E-state index in [9.17, 15) is 4.79 Å². The first-order valence-corrected chi connectivity index (χ1v) is 10.6. The topological polar surface area (TPSA) is 95.7 Å². The molecule has 0 aliphatic heterocycles. The Morgan fingerprint density at radius 1 is 1.10 bits per heavy atom. The standard InChI is InChI=1S/C20H27N3O5S/c1-12-5-7-14(8-6-12)21-17(24)11-29-20-23-22-19(28-20)13-9-15(25-2)18(27-4)16(10-13)26-3/h9-10,12,14H,5-8,11H2,1-4H3,(H,21,24). The minimum Gasteiger partial charge on any atom is -0.493 e. The van der Waals surface area contributed by atoms with Gasteiger partial charge in [-0.15, -0.1) is 10.2 Å². The first-order chi connectivity index (χ1) is 14.0. The zero-order valence-corrected chi connectivity index (χ0v) is 18.0. The van der Waals surface area contributed by atoms with Gasteiger partial charge in [0.25, 0.3) is 5.22 Å². The van der Waals surface area contributed by atoms with Crippen molar-refractivity contribution >= 4 is 17.7 Å². The Morgan fingerprint density at radius 3 is 2.34 bits per heavy atom. The Balaban J connectivity index is 1.61. The molecule has 0 saturated heterocycles. The zero-order chi connectivity index (χ0) is 20.8. The molecule has 0 spiro atoms. The van der Waals surface area contributed by atoms with Crippen LogP contribution in [0.2, 0.25) is 0 Å². The molecule has 1 aliphatic rings. The summed E-state index contributed by atoms with van der Waals surface area (Å²) in [6.07, 6.45) is 4.42.